The van der Waals surface area contributed by atoms with Crippen LogP contribution in [0.5, 0.6) is 5.75 Å². The number of rotatable bonds is 8. The monoisotopic (exact) mass is 327 g/mol. The van der Waals surface area contributed by atoms with Gasteiger partial charge in [-0.15, -0.1) is 0 Å². The molecule has 0 amide bonds. The molecule has 1 N–H and O–H groups in total. The Morgan fingerprint density at radius 3 is 2.53 bits per heavy atom. The Morgan fingerprint density at radius 1 is 1.16 bits per heavy atom. The summed E-state index contributed by atoms with van der Waals surface area (Å²) in [4.78, 5) is 0. The molecule has 0 saturated carbocycles. The van der Waals surface area contributed by atoms with Crippen molar-refractivity contribution in [2.24, 2.45) is 5.92 Å². The van der Waals surface area contributed by atoms with Gasteiger partial charge in [-0.2, -0.15) is 0 Å². The van der Waals surface area contributed by atoms with E-state index in [9.17, 15) is 0 Å². The van der Waals surface area contributed by atoms with Crippen molar-refractivity contribution in [3.63, 3.8) is 0 Å². The van der Waals surface area contributed by atoms with Crippen molar-refractivity contribution in [2.75, 3.05) is 19.7 Å². The molecule has 0 aliphatic carbocycles. The second-order valence-corrected chi connectivity index (χ2v) is 6.53. The fourth-order valence-electron chi connectivity index (χ4n) is 1.85. The van der Waals surface area contributed by atoms with E-state index in [1.807, 2.05) is 12.1 Å². The van der Waals surface area contributed by atoms with Crippen LogP contribution in [0.25, 0.3) is 0 Å². The van der Waals surface area contributed by atoms with E-state index in [4.69, 9.17) is 4.74 Å². The molecular formula is C16H26BrNO. The number of halogens is 1. The van der Waals surface area contributed by atoms with Crippen molar-refractivity contribution in [3.8, 4) is 5.75 Å². The molecule has 0 radical (unpaired) electrons. The lowest BCUT2D eigenvalue weighted by molar-refractivity contribution is 0.308. The second kappa shape index (κ2) is 8.60. The van der Waals surface area contributed by atoms with Crippen LogP contribution in [-0.4, -0.2) is 19.7 Å². The predicted molar refractivity (Wildman–Crippen MR) is 86.1 cm³/mol. The first-order valence-electron chi connectivity index (χ1n) is 7.13. The van der Waals surface area contributed by atoms with E-state index in [-0.39, 0.29) is 0 Å². The summed E-state index contributed by atoms with van der Waals surface area (Å²) < 4.78 is 6.99. The summed E-state index contributed by atoms with van der Waals surface area (Å²) in [6, 6.07) is 6.23. The summed E-state index contributed by atoms with van der Waals surface area (Å²) in [5.74, 6) is 2.23. The molecule has 2 nitrogen and oxygen atoms in total. The maximum atomic E-state index is 5.88. The smallest absolute Gasteiger partial charge is 0.122 e. The fraction of sp³-hybridized carbons (Fsp3) is 0.625. The first-order chi connectivity index (χ1) is 9.00. The Bertz CT molecular complexity index is 377. The molecule has 108 valence electrons. The topological polar surface area (TPSA) is 21.3 Å². The van der Waals surface area contributed by atoms with E-state index < -0.39 is 0 Å². The van der Waals surface area contributed by atoms with Crippen LogP contribution in [-0.2, 0) is 0 Å². The number of hydrogen-bond acceptors (Lipinski definition) is 2. The van der Waals surface area contributed by atoms with Gasteiger partial charge in [-0.25, -0.2) is 0 Å². The van der Waals surface area contributed by atoms with Gasteiger partial charge in [0, 0.05) is 11.0 Å². The van der Waals surface area contributed by atoms with Gasteiger partial charge in [0.05, 0.1) is 0 Å². The van der Waals surface area contributed by atoms with Crippen LogP contribution >= 0.6 is 15.9 Å². The average molecular weight is 328 g/mol. The van der Waals surface area contributed by atoms with Crippen LogP contribution in [0.2, 0.25) is 0 Å². The van der Waals surface area contributed by atoms with Gasteiger partial charge in [0.2, 0.25) is 0 Å². The number of nitrogens with one attached hydrogen (secondary N) is 1. The number of benzene rings is 1. The number of ether oxygens (including phenoxy) is 1. The summed E-state index contributed by atoms with van der Waals surface area (Å²) >= 11 is 3.51. The molecule has 0 aliphatic rings. The van der Waals surface area contributed by atoms with Crippen molar-refractivity contribution in [2.45, 2.75) is 40.0 Å². The molecule has 0 aliphatic heterocycles. The van der Waals surface area contributed by atoms with Crippen LogP contribution < -0.4 is 10.1 Å². The Balaban J connectivity index is 2.37. The molecule has 0 unspecified atom stereocenters. The highest BCUT2D eigenvalue weighted by Crippen LogP contribution is 2.29. The third kappa shape index (κ3) is 6.44. The van der Waals surface area contributed by atoms with Crippen LogP contribution in [0.15, 0.2) is 22.7 Å². The Kier molecular flexibility index (Phi) is 7.47. The van der Waals surface area contributed by atoms with Gasteiger partial charge in [-0.05, 0) is 48.6 Å². The van der Waals surface area contributed by atoms with Crippen LogP contribution in [0, 0.1) is 5.92 Å². The second-order valence-electron chi connectivity index (χ2n) is 5.62. The van der Waals surface area contributed by atoms with E-state index in [1.165, 1.54) is 12.0 Å². The Hall–Kier alpha value is -0.540. The lowest BCUT2D eigenvalue weighted by Crippen LogP contribution is -2.23. The van der Waals surface area contributed by atoms with Crippen molar-refractivity contribution >= 4 is 15.9 Å². The molecule has 0 bridgehead atoms. The summed E-state index contributed by atoms with van der Waals surface area (Å²) in [7, 11) is 0. The zero-order chi connectivity index (χ0) is 14.3. The molecule has 0 heterocycles. The van der Waals surface area contributed by atoms with Crippen molar-refractivity contribution in [3.05, 3.63) is 28.2 Å². The van der Waals surface area contributed by atoms with Gasteiger partial charge in [0.25, 0.3) is 0 Å². The van der Waals surface area contributed by atoms with Crippen LogP contribution in [0.3, 0.4) is 0 Å². The van der Waals surface area contributed by atoms with E-state index in [2.05, 4.69) is 55.0 Å². The lowest BCUT2D eigenvalue weighted by atomic mass is 10.0. The summed E-state index contributed by atoms with van der Waals surface area (Å²) in [6.45, 7) is 11.6. The van der Waals surface area contributed by atoms with Crippen molar-refractivity contribution < 1.29 is 4.74 Å². The van der Waals surface area contributed by atoms with E-state index in [0.29, 0.717) is 5.92 Å². The van der Waals surface area contributed by atoms with Gasteiger partial charge in [0.1, 0.15) is 12.4 Å². The van der Waals surface area contributed by atoms with E-state index >= 15 is 0 Å². The minimum absolute atomic E-state index is 0.474. The molecule has 3 heteroatoms. The predicted octanol–water partition coefficient (Wildman–Crippen LogP) is 4.59. The zero-order valence-corrected chi connectivity index (χ0v) is 14.1. The van der Waals surface area contributed by atoms with Crippen LogP contribution in [0.4, 0.5) is 0 Å². The molecule has 1 rings (SSSR count). The molecule has 1 aromatic carbocycles. The zero-order valence-electron chi connectivity index (χ0n) is 12.5. The third-order valence-corrected chi connectivity index (χ3v) is 3.52. The average Bonchev–Trinajstić information content (AvgIpc) is 2.34. The quantitative estimate of drug-likeness (QED) is 0.705. The molecular weight excluding hydrogens is 302 g/mol. The van der Waals surface area contributed by atoms with E-state index in [1.54, 1.807) is 0 Å². The highest BCUT2D eigenvalue weighted by Gasteiger charge is 2.08. The normalized spacial score (nSPS) is 11.3. The molecule has 0 saturated heterocycles. The molecule has 0 fully saturated rings. The minimum Gasteiger partial charge on any atom is -0.492 e. The maximum absolute atomic E-state index is 5.88. The molecule has 19 heavy (non-hydrogen) atoms. The first-order valence-corrected chi connectivity index (χ1v) is 7.93. The highest BCUT2D eigenvalue weighted by atomic mass is 79.9. The largest absolute Gasteiger partial charge is 0.492 e. The SMILES string of the molecule is CC(C)CCNCCOc1ccc(Br)cc1C(C)C. The lowest BCUT2D eigenvalue weighted by Gasteiger charge is -2.15. The van der Waals surface area contributed by atoms with Gasteiger partial charge in [-0.1, -0.05) is 43.6 Å². The summed E-state index contributed by atoms with van der Waals surface area (Å²) in [6.07, 6.45) is 1.22. The van der Waals surface area contributed by atoms with Gasteiger partial charge < -0.3 is 10.1 Å². The van der Waals surface area contributed by atoms with Crippen molar-refractivity contribution in [1.29, 1.82) is 0 Å². The number of hydrogen-bond donors (Lipinski definition) is 1. The molecule has 0 spiro atoms. The maximum Gasteiger partial charge on any atom is 0.122 e. The van der Waals surface area contributed by atoms with Gasteiger partial charge in [-0.3, -0.25) is 0 Å². The Labute approximate surface area is 126 Å². The molecule has 0 atom stereocenters. The van der Waals surface area contributed by atoms with Crippen molar-refractivity contribution in [1.82, 2.24) is 5.32 Å². The van der Waals surface area contributed by atoms with Gasteiger partial charge >= 0.3 is 0 Å². The van der Waals surface area contributed by atoms with Crippen LogP contribution in [0.1, 0.15) is 45.6 Å². The summed E-state index contributed by atoms with van der Waals surface area (Å²) in [5.41, 5.74) is 1.26. The van der Waals surface area contributed by atoms with E-state index in [0.717, 1.165) is 35.8 Å². The Morgan fingerprint density at radius 2 is 1.89 bits per heavy atom. The summed E-state index contributed by atoms with van der Waals surface area (Å²) in [5, 5.41) is 3.41. The first kappa shape index (κ1) is 16.5. The van der Waals surface area contributed by atoms with Gasteiger partial charge in [0.15, 0.2) is 0 Å². The minimum atomic E-state index is 0.474. The standard InChI is InChI=1S/C16H26BrNO/c1-12(2)7-8-18-9-10-19-16-6-5-14(17)11-15(16)13(3)4/h5-6,11-13,18H,7-10H2,1-4H3. The molecule has 1 aromatic rings. The highest BCUT2D eigenvalue weighted by molar-refractivity contribution is 9.10. The third-order valence-electron chi connectivity index (χ3n) is 3.03. The molecule has 0 aromatic heterocycles. The fourth-order valence-corrected chi connectivity index (χ4v) is 2.23.